The minimum absolute atomic E-state index is 0.0668. The highest BCUT2D eigenvalue weighted by atomic mass is 16.4. The van der Waals surface area contributed by atoms with E-state index in [0.717, 1.165) is 5.56 Å². The van der Waals surface area contributed by atoms with Gasteiger partial charge in [0.1, 0.15) is 5.75 Å². The molecule has 108 valence electrons. The van der Waals surface area contributed by atoms with E-state index >= 15 is 0 Å². The number of aromatic hydroxyl groups is 1. The lowest BCUT2D eigenvalue weighted by molar-refractivity contribution is -0.153. The van der Waals surface area contributed by atoms with Crippen LogP contribution < -0.4 is 0 Å². The van der Waals surface area contributed by atoms with Crippen LogP contribution in [0.5, 0.6) is 5.75 Å². The Balaban J connectivity index is 2.02. The van der Waals surface area contributed by atoms with E-state index in [-0.39, 0.29) is 24.6 Å². The summed E-state index contributed by atoms with van der Waals surface area (Å²) in [7, 11) is 0. The lowest BCUT2D eigenvalue weighted by atomic mass is 9.82. The number of likely N-dealkylation sites (tertiary alicyclic amines) is 1. The molecule has 0 saturated carbocycles. The Morgan fingerprint density at radius 2 is 1.95 bits per heavy atom. The number of carboxylic acid groups (broad SMARTS) is 1. The van der Waals surface area contributed by atoms with Gasteiger partial charge < -0.3 is 15.1 Å². The molecule has 0 bridgehead atoms. The second kappa shape index (κ2) is 5.53. The zero-order chi connectivity index (χ0) is 14.8. The average molecular weight is 277 g/mol. The molecule has 0 aliphatic carbocycles. The van der Waals surface area contributed by atoms with Crippen LogP contribution in [0.1, 0.15) is 25.3 Å². The summed E-state index contributed by atoms with van der Waals surface area (Å²) in [6.07, 6.45) is 1.55. The summed E-state index contributed by atoms with van der Waals surface area (Å²) in [5.74, 6) is -0.750. The molecule has 0 spiro atoms. The SMILES string of the molecule is CC1(C(=O)O)CCCN(C(=O)Cc2ccc(O)cc2)C1. The Morgan fingerprint density at radius 1 is 1.30 bits per heavy atom. The van der Waals surface area contributed by atoms with Crippen LogP contribution in [-0.4, -0.2) is 40.1 Å². The summed E-state index contributed by atoms with van der Waals surface area (Å²) in [5.41, 5.74) is -0.0292. The van der Waals surface area contributed by atoms with Crippen LogP contribution in [0.15, 0.2) is 24.3 Å². The van der Waals surface area contributed by atoms with Crippen molar-refractivity contribution in [1.82, 2.24) is 4.90 Å². The van der Waals surface area contributed by atoms with Gasteiger partial charge in [-0.3, -0.25) is 9.59 Å². The van der Waals surface area contributed by atoms with Crippen LogP contribution in [0, 0.1) is 5.41 Å². The summed E-state index contributed by atoms with van der Waals surface area (Å²) in [4.78, 5) is 25.1. The van der Waals surface area contributed by atoms with E-state index < -0.39 is 11.4 Å². The van der Waals surface area contributed by atoms with Crippen molar-refractivity contribution >= 4 is 11.9 Å². The molecule has 1 aromatic carbocycles. The highest BCUT2D eigenvalue weighted by molar-refractivity contribution is 5.81. The molecule has 1 fully saturated rings. The van der Waals surface area contributed by atoms with Gasteiger partial charge in [-0.25, -0.2) is 0 Å². The molecule has 1 aliphatic rings. The molecule has 1 unspecified atom stereocenters. The number of benzene rings is 1. The van der Waals surface area contributed by atoms with Crippen molar-refractivity contribution in [3.63, 3.8) is 0 Å². The van der Waals surface area contributed by atoms with Crippen molar-refractivity contribution < 1.29 is 19.8 Å². The highest BCUT2D eigenvalue weighted by Gasteiger charge is 2.39. The number of aliphatic carboxylic acids is 1. The van der Waals surface area contributed by atoms with E-state index in [1.807, 2.05) is 0 Å². The molecule has 1 heterocycles. The normalized spacial score (nSPS) is 22.6. The molecule has 1 atom stereocenters. The minimum Gasteiger partial charge on any atom is -0.508 e. The summed E-state index contributed by atoms with van der Waals surface area (Å²) in [6.45, 7) is 2.56. The number of carbonyl (C=O) groups is 2. The van der Waals surface area contributed by atoms with Crippen molar-refractivity contribution in [2.75, 3.05) is 13.1 Å². The number of hydrogen-bond acceptors (Lipinski definition) is 3. The molecule has 1 aromatic rings. The molecular weight excluding hydrogens is 258 g/mol. The summed E-state index contributed by atoms with van der Waals surface area (Å²) < 4.78 is 0. The van der Waals surface area contributed by atoms with Crippen molar-refractivity contribution in [1.29, 1.82) is 0 Å². The second-order valence-electron chi connectivity index (χ2n) is 5.63. The molecule has 5 nitrogen and oxygen atoms in total. The van der Waals surface area contributed by atoms with Crippen molar-refractivity contribution in [3.8, 4) is 5.75 Å². The van der Waals surface area contributed by atoms with E-state index in [0.29, 0.717) is 19.4 Å². The van der Waals surface area contributed by atoms with E-state index in [1.165, 1.54) is 0 Å². The quantitative estimate of drug-likeness (QED) is 0.880. The zero-order valence-electron chi connectivity index (χ0n) is 11.5. The fourth-order valence-corrected chi connectivity index (χ4v) is 2.53. The number of rotatable bonds is 3. The summed E-state index contributed by atoms with van der Waals surface area (Å²) in [6, 6.07) is 6.49. The van der Waals surface area contributed by atoms with E-state index in [1.54, 1.807) is 36.1 Å². The fourth-order valence-electron chi connectivity index (χ4n) is 2.53. The average Bonchev–Trinajstić information content (AvgIpc) is 2.41. The number of phenols is 1. The van der Waals surface area contributed by atoms with Gasteiger partial charge >= 0.3 is 5.97 Å². The van der Waals surface area contributed by atoms with Crippen molar-refractivity contribution in [3.05, 3.63) is 29.8 Å². The Bertz CT molecular complexity index is 511. The third kappa shape index (κ3) is 3.10. The van der Waals surface area contributed by atoms with Gasteiger partial charge in [0.05, 0.1) is 11.8 Å². The number of carbonyl (C=O) groups excluding carboxylic acids is 1. The first-order chi connectivity index (χ1) is 9.40. The van der Waals surface area contributed by atoms with Crippen molar-refractivity contribution in [2.24, 2.45) is 5.41 Å². The van der Waals surface area contributed by atoms with Crippen LogP contribution in [0.25, 0.3) is 0 Å². The lowest BCUT2D eigenvalue weighted by Gasteiger charge is -2.37. The Hall–Kier alpha value is -2.04. The van der Waals surface area contributed by atoms with Crippen LogP contribution >= 0.6 is 0 Å². The maximum absolute atomic E-state index is 12.2. The van der Waals surface area contributed by atoms with Gasteiger partial charge in [-0.2, -0.15) is 0 Å². The monoisotopic (exact) mass is 277 g/mol. The summed E-state index contributed by atoms with van der Waals surface area (Å²) in [5, 5.41) is 18.5. The lowest BCUT2D eigenvalue weighted by Crippen LogP contribution is -2.48. The smallest absolute Gasteiger partial charge is 0.311 e. The third-order valence-electron chi connectivity index (χ3n) is 3.86. The number of amides is 1. The van der Waals surface area contributed by atoms with Gasteiger partial charge in [0.25, 0.3) is 0 Å². The number of piperidine rings is 1. The van der Waals surface area contributed by atoms with Gasteiger partial charge in [0.2, 0.25) is 5.91 Å². The first-order valence-electron chi connectivity index (χ1n) is 6.70. The van der Waals surface area contributed by atoms with Gasteiger partial charge in [0, 0.05) is 13.1 Å². The molecule has 2 N–H and O–H groups in total. The molecule has 0 aromatic heterocycles. The standard InChI is InChI=1S/C15H19NO4/c1-15(14(19)20)7-2-8-16(10-15)13(18)9-11-3-5-12(17)6-4-11/h3-6,17H,2,7-10H2,1H3,(H,19,20). The van der Waals surface area contributed by atoms with Gasteiger partial charge in [-0.15, -0.1) is 0 Å². The molecule has 1 aliphatic heterocycles. The van der Waals surface area contributed by atoms with Crippen LogP contribution in [-0.2, 0) is 16.0 Å². The van der Waals surface area contributed by atoms with Gasteiger partial charge in [0.15, 0.2) is 0 Å². The predicted molar refractivity (Wildman–Crippen MR) is 73.4 cm³/mol. The number of hydrogen-bond donors (Lipinski definition) is 2. The van der Waals surface area contributed by atoms with Crippen LogP contribution in [0.4, 0.5) is 0 Å². The fraction of sp³-hybridized carbons (Fsp3) is 0.467. The number of phenolic OH excluding ortho intramolecular Hbond substituents is 1. The molecule has 20 heavy (non-hydrogen) atoms. The molecular formula is C15H19NO4. The first kappa shape index (κ1) is 14.4. The topological polar surface area (TPSA) is 77.8 Å². The summed E-state index contributed by atoms with van der Waals surface area (Å²) >= 11 is 0. The number of carboxylic acids is 1. The molecule has 1 amide bonds. The van der Waals surface area contributed by atoms with Crippen LogP contribution in [0.3, 0.4) is 0 Å². The van der Waals surface area contributed by atoms with Crippen LogP contribution in [0.2, 0.25) is 0 Å². The Kier molecular flexibility index (Phi) is 3.97. The minimum atomic E-state index is -0.848. The van der Waals surface area contributed by atoms with Gasteiger partial charge in [-0.1, -0.05) is 12.1 Å². The Morgan fingerprint density at radius 3 is 2.55 bits per heavy atom. The zero-order valence-corrected chi connectivity index (χ0v) is 11.5. The maximum Gasteiger partial charge on any atom is 0.311 e. The molecule has 1 saturated heterocycles. The van der Waals surface area contributed by atoms with E-state index in [4.69, 9.17) is 0 Å². The van der Waals surface area contributed by atoms with Crippen molar-refractivity contribution in [2.45, 2.75) is 26.2 Å². The number of nitrogens with zero attached hydrogens (tertiary/aromatic N) is 1. The van der Waals surface area contributed by atoms with E-state index in [2.05, 4.69) is 0 Å². The third-order valence-corrected chi connectivity index (χ3v) is 3.86. The predicted octanol–water partition coefficient (Wildman–Crippen LogP) is 1.65. The van der Waals surface area contributed by atoms with Gasteiger partial charge in [-0.05, 0) is 37.5 Å². The molecule has 2 rings (SSSR count). The maximum atomic E-state index is 12.2. The Labute approximate surface area is 117 Å². The van der Waals surface area contributed by atoms with E-state index in [9.17, 15) is 19.8 Å². The first-order valence-corrected chi connectivity index (χ1v) is 6.70. The molecule has 5 heteroatoms. The largest absolute Gasteiger partial charge is 0.508 e. The molecule has 0 radical (unpaired) electrons. The highest BCUT2D eigenvalue weighted by Crippen LogP contribution is 2.30. The second-order valence-corrected chi connectivity index (χ2v) is 5.63.